The fourth-order valence-corrected chi connectivity index (χ4v) is 6.23. The summed E-state index contributed by atoms with van der Waals surface area (Å²) in [5, 5.41) is 6.39. The van der Waals surface area contributed by atoms with Crippen LogP contribution in [0.25, 0.3) is 0 Å². The van der Waals surface area contributed by atoms with Crippen molar-refractivity contribution in [2.24, 2.45) is 0 Å². The Morgan fingerprint density at radius 1 is 1.00 bits per heavy atom. The molecule has 0 saturated carbocycles. The summed E-state index contributed by atoms with van der Waals surface area (Å²) in [6.45, 7) is 5.98. The zero-order valence-electron chi connectivity index (χ0n) is 22.6. The molecule has 2 aromatic rings. The largest absolute Gasteiger partial charge is 0.343 e. The van der Waals surface area contributed by atoms with Crippen LogP contribution in [-0.4, -0.2) is 60.4 Å². The number of piperidine rings is 2. The summed E-state index contributed by atoms with van der Waals surface area (Å²) in [5.74, 6) is 0.0426. The lowest BCUT2D eigenvalue weighted by Crippen LogP contribution is -2.56. The topological polar surface area (TPSA) is 81.8 Å². The molecule has 202 valence electrons. The monoisotopic (exact) mass is 516 g/mol. The molecule has 3 aliphatic rings. The molecule has 2 N–H and O–H groups in total. The van der Waals surface area contributed by atoms with Crippen LogP contribution in [0.3, 0.4) is 0 Å². The molecule has 2 saturated heterocycles. The molecule has 3 amide bonds. The van der Waals surface area contributed by atoms with Crippen molar-refractivity contribution >= 4 is 23.4 Å². The molecule has 2 aromatic carbocycles. The second-order valence-electron chi connectivity index (χ2n) is 11.5. The second kappa shape index (κ2) is 11.3. The molecule has 0 spiro atoms. The summed E-state index contributed by atoms with van der Waals surface area (Å²) in [7, 11) is 0. The molecule has 2 atom stereocenters. The van der Waals surface area contributed by atoms with E-state index in [0.717, 1.165) is 61.9 Å². The van der Waals surface area contributed by atoms with Crippen LogP contribution >= 0.6 is 0 Å². The minimum atomic E-state index is -0.559. The second-order valence-corrected chi connectivity index (χ2v) is 11.5. The Balaban J connectivity index is 1.25. The van der Waals surface area contributed by atoms with E-state index in [2.05, 4.69) is 22.8 Å². The van der Waals surface area contributed by atoms with Gasteiger partial charge in [0.2, 0.25) is 17.7 Å². The number of hydrogen-bond acceptors (Lipinski definition) is 4. The first-order valence-corrected chi connectivity index (χ1v) is 14.2. The van der Waals surface area contributed by atoms with Crippen LogP contribution in [0.5, 0.6) is 0 Å². The van der Waals surface area contributed by atoms with E-state index in [1.165, 1.54) is 0 Å². The molecule has 2 fully saturated rings. The number of carbonyl (C=O) groups excluding carboxylic acids is 3. The maximum Gasteiger partial charge on any atom is 0.245 e. The van der Waals surface area contributed by atoms with E-state index in [9.17, 15) is 14.4 Å². The van der Waals surface area contributed by atoms with Gasteiger partial charge in [0.1, 0.15) is 6.04 Å². The van der Waals surface area contributed by atoms with Crippen molar-refractivity contribution in [2.75, 3.05) is 24.5 Å². The van der Waals surface area contributed by atoms with Crippen molar-refractivity contribution in [3.8, 4) is 0 Å². The van der Waals surface area contributed by atoms with Gasteiger partial charge in [0.05, 0.1) is 11.5 Å². The van der Waals surface area contributed by atoms with Crippen LogP contribution < -0.4 is 15.5 Å². The molecule has 3 aliphatic heterocycles. The number of hydrogen-bond donors (Lipinski definition) is 2. The van der Waals surface area contributed by atoms with Gasteiger partial charge >= 0.3 is 0 Å². The molecule has 0 aliphatic carbocycles. The van der Waals surface area contributed by atoms with Gasteiger partial charge in [-0.1, -0.05) is 55.0 Å². The normalized spacial score (nSPS) is 22.2. The molecule has 7 heteroatoms. The highest BCUT2D eigenvalue weighted by atomic mass is 16.2. The fraction of sp³-hybridized carbons (Fsp3) is 0.516. The maximum absolute atomic E-state index is 13.7. The van der Waals surface area contributed by atoms with Crippen molar-refractivity contribution in [1.82, 2.24) is 15.5 Å². The molecular weight excluding hydrogens is 476 g/mol. The van der Waals surface area contributed by atoms with E-state index in [1.54, 1.807) is 0 Å². The minimum absolute atomic E-state index is 0.0166. The van der Waals surface area contributed by atoms with Gasteiger partial charge in [0, 0.05) is 24.8 Å². The van der Waals surface area contributed by atoms with Crippen LogP contribution in [0.2, 0.25) is 0 Å². The molecule has 3 heterocycles. The van der Waals surface area contributed by atoms with E-state index < -0.39 is 11.5 Å². The molecular formula is C31H40N4O3. The average Bonchev–Trinajstić information content (AvgIpc) is 3.16. The zero-order valence-corrected chi connectivity index (χ0v) is 22.6. The van der Waals surface area contributed by atoms with Crippen molar-refractivity contribution in [3.63, 3.8) is 0 Å². The van der Waals surface area contributed by atoms with Gasteiger partial charge in [-0.15, -0.1) is 0 Å². The van der Waals surface area contributed by atoms with E-state index in [1.807, 2.05) is 66.1 Å². The van der Waals surface area contributed by atoms with Gasteiger partial charge in [-0.3, -0.25) is 14.4 Å². The van der Waals surface area contributed by atoms with Gasteiger partial charge in [-0.25, -0.2) is 0 Å². The number of nitrogens with one attached hydrogen (secondary N) is 2. The van der Waals surface area contributed by atoms with E-state index in [0.29, 0.717) is 19.5 Å². The third-order valence-corrected chi connectivity index (χ3v) is 8.54. The predicted octanol–water partition coefficient (Wildman–Crippen LogP) is 3.56. The molecule has 7 nitrogen and oxygen atoms in total. The Morgan fingerprint density at radius 3 is 2.42 bits per heavy atom. The quantitative estimate of drug-likeness (QED) is 0.590. The Hall–Kier alpha value is -3.19. The summed E-state index contributed by atoms with van der Waals surface area (Å²) in [6.07, 6.45) is 5.65. The SMILES string of the molecule is CC1(C)C(=O)N(C2CCN(C(=O)C(CCc3ccccc3)NC(=O)C3CCCCN3)CC2)c2ccccc21. The molecule has 38 heavy (non-hydrogen) atoms. The van der Waals surface area contributed by atoms with Crippen molar-refractivity contribution in [1.29, 1.82) is 0 Å². The van der Waals surface area contributed by atoms with Gasteiger partial charge in [0.15, 0.2) is 0 Å². The highest BCUT2D eigenvalue weighted by molar-refractivity contribution is 6.08. The average molecular weight is 517 g/mol. The third-order valence-electron chi connectivity index (χ3n) is 8.54. The number of anilines is 1. The number of carbonyl (C=O) groups is 3. The van der Waals surface area contributed by atoms with Crippen LogP contribution in [0, 0.1) is 0 Å². The maximum atomic E-state index is 13.7. The van der Waals surface area contributed by atoms with E-state index in [4.69, 9.17) is 0 Å². The number of para-hydroxylation sites is 1. The predicted molar refractivity (Wildman–Crippen MR) is 149 cm³/mol. The summed E-state index contributed by atoms with van der Waals surface area (Å²) in [5.41, 5.74) is 2.69. The Morgan fingerprint density at radius 2 is 1.71 bits per heavy atom. The number of aryl methyl sites for hydroxylation is 1. The van der Waals surface area contributed by atoms with E-state index >= 15 is 0 Å². The van der Waals surface area contributed by atoms with Crippen LogP contribution in [0.15, 0.2) is 54.6 Å². The molecule has 0 bridgehead atoms. The first-order valence-electron chi connectivity index (χ1n) is 14.2. The van der Waals surface area contributed by atoms with Gasteiger partial charge in [0.25, 0.3) is 0 Å². The lowest BCUT2D eigenvalue weighted by atomic mass is 9.86. The Labute approximate surface area is 226 Å². The number of amides is 3. The molecule has 0 radical (unpaired) electrons. The number of benzene rings is 2. The summed E-state index contributed by atoms with van der Waals surface area (Å²) in [4.78, 5) is 44.1. The lowest BCUT2D eigenvalue weighted by molar-refractivity contribution is -0.138. The van der Waals surface area contributed by atoms with Crippen molar-refractivity contribution in [2.45, 2.75) is 82.3 Å². The Kier molecular flexibility index (Phi) is 7.84. The van der Waals surface area contributed by atoms with Crippen molar-refractivity contribution < 1.29 is 14.4 Å². The lowest BCUT2D eigenvalue weighted by Gasteiger charge is -2.39. The Bertz CT molecular complexity index is 1150. The fourth-order valence-electron chi connectivity index (χ4n) is 6.23. The van der Waals surface area contributed by atoms with Gasteiger partial charge in [-0.05, 0) is 76.1 Å². The first kappa shape index (κ1) is 26.4. The number of likely N-dealkylation sites (tertiary alicyclic amines) is 1. The third kappa shape index (κ3) is 5.35. The van der Waals surface area contributed by atoms with Gasteiger partial charge < -0.3 is 20.4 Å². The van der Waals surface area contributed by atoms with Crippen LogP contribution in [0.4, 0.5) is 5.69 Å². The van der Waals surface area contributed by atoms with Gasteiger partial charge in [-0.2, -0.15) is 0 Å². The first-order chi connectivity index (χ1) is 18.4. The van der Waals surface area contributed by atoms with Crippen LogP contribution in [-0.2, 0) is 26.2 Å². The molecule has 0 aromatic heterocycles. The zero-order chi connectivity index (χ0) is 26.7. The summed E-state index contributed by atoms with van der Waals surface area (Å²) >= 11 is 0. The number of fused-ring (bicyclic) bond motifs is 1. The highest BCUT2D eigenvalue weighted by Crippen LogP contribution is 2.43. The molecule has 5 rings (SSSR count). The number of rotatable bonds is 7. The highest BCUT2D eigenvalue weighted by Gasteiger charge is 2.47. The smallest absolute Gasteiger partial charge is 0.245 e. The minimum Gasteiger partial charge on any atom is -0.343 e. The molecule has 2 unspecified atom stereocenters. The number of nitrogens with zero attached hydrogens (tertiary/aromatic N) is 2. The summed E-state index contributed by atoms with van der Waals surface area (Å²) < 4.78 is 0. The van der Waals surface area contributed by atoms with E-state index in [-0.39, 0.29) is 29.8 Å². The van der Waals surface area contributed by atoms with Crippen LogP contribution in [0.1, 0.15) is 63.5 Å². The van der Waals surface area contributed by atoms with Crippen molar-refractivity contribution in [3.05, 3.63) is 65.7 Å². The summed E-state index contributed by atoms with van der Waals surface area (Å²) in [6, 6.07) is 17.4. The standard InChI is InChI=1S/C31H40N4O3/c1-31(2)24-12-6-7-14-27(24)35(30(31)38)23-17-20-34(21-18-23)29(37)26(16-15-22-10-4-3-5-11-22)33-28(36)25-13-8-9-19-32-25/h3-7,10-12,14,23,25-26,32H,8-9,13,15-21H2,1-2H3,(H,33,36).